The molecule has 3 heteroatoms. The van der Waals surface area contributed by atoms with Crippen LogP contribution in [0.1, 0.15) is 29.3 Å². The van der Waals surface area contributed by atoms with Crippen molar-refractivity contribution >= 4 is 17.1 Å². The molecule has 2 aliphatic rings. The average molecular weight is 207 g/mol. The van der Waals surface area contributed by atoms with Crippen LogP contribution < -0.4 is 0 Å². The Labute approximate surface area is 87.5 Å². The summed E-state index contributed by atoms with van der Waals surface area (Å²) in [5.41, 5.74) is 1.48. The third-order valence-electron chi connectivity index (χ3n) is 3.29. The Hall–Kier alpha value is -0.670. The normalized spacial score (nSPS) is 27.1. The Balaban J connectivity index is 1.97. The fourth-order valence-corrected chi connectivity index (χ4v) is 3.60. The molecule has 14 heavy (non-hydrogen) atoms. The molecule has 2 aliphatic heterocycles. The molecule has 0 radical (unpaired) electrons. The van der Waals surface area contributed by atoms with E-state index in [1.165, 1.54) is 16.9 Å². The van der Waals surface area contributed by atoms with Crippen molar-refractivity contribution in [3.05, 3.63) is 21.9 Å². The largest absolute Gasteiger partial charge is 0.300 e. The highest BCUT2D eigenvalue weighted by Crippen LogP contribution is 2.38. The van der Waals surface area contributed by atoms with Crippen LogP contribution in [0.25, 0.3) is 0 Å². The van der Waals surface area contributed by atoms with Crippen LogP contribution in [0.4, 0.5) is 0 Å². The molecule has 1 unspecified atom stereocenters. The first-order valence-electron chi connectivity index (χ1n) is 5.16. The lowest BCUT2D eigenvalue weighted by Crippen LogP contribution is -2.40. The molecule has 1 fully saturated rings. The van der Waals surface area contributed by atoms with Crippen LogP contribution in [0, 0.1) is 0 Å². The number of piperidine rings is 1. The minimum Gasteiger partial charge on any atom is -0.300 e. The first kappa shape index (κ1) is 8.62. The van der Waals surface area contributed by atoms with E-state index in [0.29, 0.717) is 11.8 Å². The highest BCUT2D eigenvalue weighted by Gasteiger charge is 2.33. The summed E-state index contributed by atoms with van der Waals surface area (Å²) in [4.78, 5) is 15.3. The van der Waals surface area contributed by atoms with Gasteiger partial charge in [0.15, 0.2) is 0 Å². The Kier molecular flexibility index (Phi) is 1.96. The molecule has 0 saturated carbocycles. The van der Waals surface area contributed by atoms with E-state index in [-0.39, 0.29) is 0 Å². The zero-order valence-electron chi connectivity index (χ0n) is 8.03. The monoisotopic (exact) mass is 207 g/mol. The van der Waals surface area contributed by atoms with Crippen molar-refractivity contribution in [2.45, 2.75) is 25.3 Å². The van der Waals surface area contributed by atoms with Crippen LogP contribution in [0.15, 0.2) is 11.4 Å². The van der Waals surface area contributed by atoms with Crippen molar-refractivity contribution in [2.75, 3.05) is 13.1 Å². The summed E-state index contributed by atoms with van der Waals surface area (Å²) < 4.78 is 0. The zero-order valence-corrected chi connectivity index (χ0v) is 8.85. The second-order valence-corrected chi connectivity index (χ2v) is 5.05. The van der Waals surface area contributed by atoms with Crippen LogP contribution in [-0.2, 0) is 11.2 Å². The van der Waals surface area contributed by atoms with Gasteiger partial charge in [-0.2, -0.15) is 0 Å². The summed E-state index contributed by atoms with van der Waals surface area (Å²) in [7, 11) is 0. The summed E-state index contributed by atoms with van der Waals surface area (Å²) in [6, 6.07) is 2.64. The second-order valence-electron chi connectivity index (χ2n) is 4.10. The number of ketones is 1. The molecule has 0 amide bonds. The molecule has 0 aromatic carbocycles. The first-order chi connectivity index (χ1) is 6.84. The smallest absolute Gasteiger partial charge is 0.136 e. The van der Waals surface area contributed by atoms with Crippen LogP contribution in [0.5, 0.6) is 0 Å². The van der Waals surface area contributed by atoms with Gasteiger partial charge in [-0.05, 0) is 23.4 Å². The van der Waals surface area contributed by atoms with E-state index in [0.717, 1.165) is 25.9 Å². The van der Waals surface area contributed by atoms with Crippen molar-refractivity contribution in [2.24, 2.45) is 0 Å². The minimum atomic E-state index is 0.417. The molecule has 1 aromatic rings. The molecular formula is C11H13NOS. The molecule has 74 valence electrons. The fraction of sp³-hybridized carbons (Fsp3) is 0.545. The number of carbonyl (C=O) groups is 1. The Morgan fingerprint density at radius 3 is 3.14 bits per heavy atom. The van der Waals surface area contributed by atoms with Crippen molar-refractivity contribution in [3.8, 4) is 0 Å². The van der Waals surface area contributed by atoms with Crippen molar-refractivity contribution < 1.29 is 4.79 Å². The van der Waals surface area contributed by atoms with Crippen LogP contribution in [-0.4, -0.2) is 23.8 Å². The van der Waals surface area contributed by atoms with E-state index >= 15 is 0 Å². The highest BCUT2D eigenvalue weighted by molar-refractivity contribution is 7.10. The van der Waals surface area contributed by atoms with E-state index in [1.807, 2.05) is 11.3 Å². The minimum absolute atomic E-state index is 0.417. The predicted molar refractivity (Wildman–Crippen MR) is 56.6 cm³/mol. The van der Waals surface area contributed by atoms with Gasteiger partial charge < -0.3 is 0 Å². The summed E-state index contributed by atoms with van der Waals surface area (Å²) in [6.45, 7) is 2.11. The van der Waals surface area contributed by atoms with Crippen LogP contribution >= 0.6 is 11.3 Å². The summed E-state index contributed by atoms with van der Waals surface area (Å²) >= 11 is 1.82. The topological polar surface area (TPSA) is 20.3 Å². The molecule has 2 nitrogen and oxygen atoms in total. The maximum atomic E-state index is 11.4. The van der Waals surface area contributed by atoms with Gasteiger partial charge in [0.05, 0.1) is 6.04 Å². The van der Waals surface area contributed by atoms with Gasteiger partial charge in [0, 0.05) is 30.8 Å². The fourth-order valence-electron chi connectivity index (χ4n) is 2.51. The van der Waals surface area contributed by atoms with Gasteiger partial charge in [-0.15, -0.1) is 11.3 Å². The molecule has 1 aromatic heterocycles. The van der Waals surface area contributed by atoms with E-state index < -0.39 is 0 Å². The Morgan fingerprint density at radius 2 is 2.21 bits per heavy atom. The van der Waals surface area contributed by atoms with Crippen molar-refractivity contribution in [3.63, 3.8) is 0 Å². The van der Waals surface area contributed by atoms with E-state index in [4.69, 9.17) is 0 Å². The molecule has 3 heterocycles. The molecule has 0 aliphatic carbocycles. The van der Waals surface area contributed by atoms with Gasteiger partial charge in [0.2, 0.25) is 0 Å². The molecule has 3 rings (SSSR count). The van der Waals surface area contributed by atoms with E-state index in [2.05, 4.69) is 16.3 Å². The number of fused-ring (bicyclic) bond motifs is 3. The Bertz CT molecular complexity index is 371. The van der Waals surface area contributed by atoms with Gasteiger partial charge in [0.25, 0.3) is 0 Å². The van der Waals surface area contributed by atoms with Crippen LogP contribution in [0.2, 0.25) is 0 Å². The number of rotatable bonds is 0. The summed E-state index contributed by atoms with van der Waals surface area (Å²) in [6.07, 6.45) is 2.67. The lowest BCUT2D eigenvalue weighted by molar-refractivity contribution is -0.123. The van der Waals surface area contributed by atoms with Gasteiger partial charge >= 0.3 is 0 Å². The number of hydrogen-bond donors (Lipinski definition) is 0. The molecule has 1 atom stereocenters. The predicted octanol–water partition coefficient (Wildman–Crippen LogP) is 2.01. The number of Topliss-reactive ketones (excluding diaryl/α,β-unsaturated/α-hetero) is 1. The van der Waals surface area contributed by atoms with Gasteiger partial charge in [-0.25, -0.2) is 0 Å². The molecular weight excluding hydrogens is 194 g/mol. The molecule has 1 saturated heterocycles. The number of nitrogens with zero attached hydrogens (tertiary/aromatic N) is 1. The summed E-state index contributed by atoms with van der Waals surface area (Å²) in [5, 5.41) is 2.16. The second kappa shape index (κ2) is 3.17. The lowest BCUT2D eigenvalue weighted by atomic mass is 9.93. The van der Waals surface area contributed by atoms with Gasteiger partial charge in [0.1, 0.15) is 5.78 Å². The van der Waals surface area contributed by atoms with Gasteiger partial charge in [-0.1, -0.05) is 0 Å². The average Bonchev–Trinajstić information content (AvgIpc) is 2.65. The zero-order chi connectivity index (χ0) is 9.54. The SMILES string of the molecule is O=C1CCN2CCc3ccsc3C2C1. The summed E-state index contributed by atoms with van der Waals surface area (Å²) in [5.74, 6) is 0.438. The standard InChI is InChI=1S/C11H13NOS/c13-9-2-5-12-4-1-8-3-6-14-11(8)10(12)7-9/h3,6,10H,1-2,4-5,7H2. The number of thiophene rings is 1. The quantitative estimate of drug-likeness (QED) is 0.648. The third kappa shape index (κ3) is 1.23. The van der Waals surface area contributed by atoms with Crippen molar-refractivity contribution in [1.82, 2.24) is 4.90 Å². The maximum absolute atomic E-state index is 11.4. The Morgan fingerprint density at radius 1 is 1.36 bits per heavy atom. The maximum Gasteiger partial charge on any atom is 0.136 e. The number of hydrogen-bond acceptors (Lipinski definition) is 3. The lowest BCUT2D eigenvalue weighted by Gasteiger charge is -2.38. The molecule has 0 N–H and O–H groups in total. The van der Waals surface area contributed by atoms with E-state index in [9.17, 15) is 4.79 Å². The first-order valence-corrected chi connectivity index (χ1v) is 6.04. The van der Waals surface area contributed by atoms with E-state index in [1.54, 1.807) is 0 Å². The highest BCUT2D eigenvalue weighted by atomic mass is 32.1. The van der Waals surface area contributed by atoms with Crippen LogP contribution in [0.3, 0.4) is 0 Å². The van der Waals surface area contributed by atoms with Gasteiger partial charge in [-0.3, -0.25) is 9.69 Å². The van der Waals surface area contributed by atoms with Crippen molar-refractivity contribution in [1.29, 1.82) is 0 Å². The molecule has 0 bridgehead atoms. The molecule has 0 spiro atoms. The third-order valence-corrected chi connectivity index (χ3v) is 4.35. The number of carbonyl (C=O) groups excluding carboxylic acids is 1.